The number of carboxylic acid groups (broad SMARTS) is 1. The van der Waals surface area contributed by atoms with E-state index in [1.807, 2.05) is 0 Å². The van der Waals surface area contributed by atoms with E-state index in [0.29, 0.717) is 17.8 Å². The van der Waals surface area contributed by atoms with Gasteiger partial charge < -0.3 is 10.4 Å². The Morgan fingerprint density at radius 1 is 1.47 bits per heavy atom. The standard InChI is InChI=1S/C12H14N2O3/c1-7(12(16)17)13-11-6-5-8-9(14-11)3-2-4-10(8)15/h5-7H,2-4H2,1H3,(H,13,14)(H,16,17)/t7-/m1/s1. The van der Waals surface area contributed by atoms with Crippen LogP contribution in [0.5, 0.6) is 0 Å². The highest BCUT2D eigenvalue weighted by Gasteiger charge is 2.19. The number of Topliss-reactive ketones (excluding diaryl/α,β-unsaturated/α-hetero) is 1. The predicted molar refractivity (Wildman–Crippen MR) is 62.2 cm³/mol. The number of carbonyl (C=O) groups excluding carboxylic acids is 1. The molecule has 0 radical (unpaired) electrons. The SMILES string of the molecule is C[C@@H](Nc1ccc2c(n1)CCCC2=O)C(=O)O. The highest BCUT2D eigenvalue weighted by Crippen LogP contribution is 2.21. The third-order valence-corrected chi connectivity index (χ3v) is 2.83. The van der Waals surface area contributed by atoms with Crippen LogP contribution in [0, 0.1) is 0 Å². The zero-order valence-corrected chi connectivity index (χ0v) is 9.56. The lowest BCUT2D eigenvalue weighted by molar-refractivity contribution is -0.137. The number of nitrogens with one attached hydrogen (secondary N) is 1. The number of nitrogens with zero attached hydrogens (tertiary/aromatic N) is 1. The van der Waals surface area contributed by atoms with Gasteiger partial charge in [-0.15, -0.1) is 0 Å². The molecule has 2 N–H and O–H groups in total. The molecule has 0 aromatic carbocycles. The molecule has 0 spiro atoms. The summed E-state index contributed by atoms with van der Waals surface area (Å²) in [5.41, 5.74) is 1.44. The molecule has 1 aliphatic carbocycles. The predicted octanol–water partition coefficient (Wildman–Crippen LogP) is 1.49. The van der Waals surface area contributed by atoms with Gasteiger partial charge in [0.05, 0.1) is 5.69 Å². The fourth-order valence-corrected chi connectivity index (χ4v) is 1.86. The highest BCUT2D eigenvalue weighted by molar-refractivity contribution is 5.98. The summed E-state index contributed by atoms with van der Waals surface area (Å²) in [5.74, 6) is -0.300. The first kappa shape index (κ1) is 11.6. The maximum absolute atomic E-state index is 11.6. The average Bonchev–Trinajstić information content (AvgIpc) is 2.29. The molecule has 17 heavy (non-hydrogen) atoms. The van der Waals surface area contributed by atoms with Crippen LogP contribution in [0.4, 0.5) is 5.82 Å². The van der Waals surface area contributed by atoms with E-state index in [9.17, 15) is 9.59 Å². The van der Waals surface area contributed by atoms with Crippen molar-refractivity contribution >= 4 is 17.6 Å². The smallest absolute Gasteiger partial charge is 0.325 e. The molecule has 90 valence electrons. The first-order valence-corrected chi connectivity index (χ1v) is 5.60. The summed E-state index contributed by atoms with van der Waals surface area (Å²) in [6.07, 6.45) is 2.17. The summed E-state index contributed by atoms with van der Waals surface area (Å²) in [6.45, 7) is 1.55. The second-order valence-corrected chi connectivity index (χ2v) is 4.17. The van der Waals surface area contributed by atoms with Gasteiger partial charge in [-0.3, -0.25) is 9.59 Å². The topological polar surface area (TPSA) is 79.3 Å². The van der Waals surface area contributed by atoms with Crippen LogP contribution in [-0.2, 0) is 11.2 Å². The number of aryl methyl sites for hydroxylation is 1. The summed E-state index contributed by atoms with van der Waals surface area (Å²) in [5, 5.41) is 11.6. The van der Waals surface area contributed by atoms with Gasteiger partial charge in [0.15, 0.2) is 5.78 Å². The molecular formula is C12H14N2O3. The van der Waals surface area contributed by atoms with Crippen molar-refractivity contribution < 1.29 is 14.7 Å². The molecule has 0 saturated carbocycles. The van der Waals surface area contributed by atoms with Gasteiger partial charge in [0.25, 0.3) is 0 Å². The Hall–Kier alpha value is -1.91. The van der Waals surface area contributed by atoms with Crippen LogP contribution in [0.3, 0.4) is 0 Å². The second-order valence-electron chi connectivity index (χ2n) is 4.17. The number of carbonyl (C=O) groups is 2. The van der Waals surface area contributed by atoms with Crippen LogP contribution >= 0.6 is 0 Å². The molecule has 0 saturated heterocycles. The van der Waals surface area contributed by atoms with Crippen LogP contribution < -0.4 is 5.32 Å². The molecule has 5 nitrogen and oxygen atoms in total. The number of hydrogen-bond donors (Lipinski definition) is 2. The zero-order valence-electron chi connectivity index (χ0n) is 9.56. The summed E-state index contributed by atoms with van der Waals surface area (Å²) in [7, 11) is 0. The van der Waals surface area contributed by atoms with E-state index in [1.165, 1.54) is 0 Å². The van der Waals surface area contributed by atoms with E-state index in [0.717, 1.165) is 18.5 Å². The lowest BCUT2D eigenvalue weighted by atomic mass is 9.95. The molecule has 5 heteroatoms. The van der Waals surface area contributed by atoms with Gasteiger partial charge in [0.2, 0.25) is 0 Å². The van der Waals surface area contributed by atoms with E-state index in [1.54, 1.807) is 19.1 Å². The Kier molecular flexibility index (Phi) is 3.08. The molecule has 2 rings (SSSR count). The van der Waals surface area contributed by atoms with Gasteiger partial charge in [-0.25, -0.2) is 4.98 Å². The van der Waals surface area contributed by atoms with Crippen LogP contribution in [0.15, 0.2) is 12.1 Å². The van der Waals surface area contributed by atoms with Gasteiger partial charge in [0, 0.05) is 12.0 Å². The van der Waals surface area contributed by atoms with Gasteiger partial charge in [0.1, 0.15) is 11.9 Å². The number of pyridine rings is 1. The second kappa shape index (κ2) is 4.53. The summed E-state index contributed by atoms with van der Waals surface area (Å²) in [4.78, 5) is 26.6. The summed E-state index contributed by atoms with van der Waals surface area (Å²) in [6, 6.07) is 2.68. The number of anilines is 1. The van der Waals surface area contributed by atoms with Gasteiger partial charge in [-0.2, -0.15) is 0 Å². The van der Waals surface area contributed by atoms with E-state index < -0.39 is 12.0 Å². The number of carboxylic acids is 1. The number of ketones is 1. The van der Waals surface area contributed by atoms with Crippen molar-refractivity contribution in [1.29, 1.82) is 0 Å². The molecule has 0 fully saturated rings. The van der Waals surface area contributed by atoms with Gasteiger partial charge in [-0.05, 0) is 31.9 Å². The van der Waals surface area contributed by atoms with Crippen molar-refractivity contribution in [3.05, 3.63) is 23.4 Å². The van der Waals surface area contributed by atoms with Crippen LogP contribution in [0.25, 0.3) is 0 Å². The lowest BCUT2D eigenvalue weighted by Gasteiger charge is -2.16. The number of fused-ring (bicyclic) bond motifs is 1. The maximum Gasteiger partial charge on any atom is 0.325 e. The van der Waals surface area contributed by atoms with Crippen molar-refractivity contribution in [3.8, 4) is 0 Å². The fourth-order valence-electron chi connectivity index (χ4n) is 1.86. The van der Waals surface area contributed by atoms with E-state index in [4.69, 9.17) is 5.11 Å². The Balaban J connectivity index is 2.21. The molecule has 0 unspecified atom stereocenters. The van der Waals surface area contributed by atoms with E-state index >= 15 is 0 Å². The molecular weight excluding hydrogens is 220 g/mol. The minimum absolute atomic E-state index is 0.122. The van der Waals surface area contributed by atoms with Crippen LogP contribution in [-0.4, -0.2) is 27.9 Å². The van der Waals surface area contributed by atoms with Crippen LogP contribution in [0.1, 0.15) is 35.8 Å². The minimum Gasteiger partial charge on any atom is -0.480 e. The first-order valence-electron chi connectivity index (χ1n) is 5.60. The Bertz CT molecular complexity index is 471. The molecule has 1 heterocycles. The molecule has 0 aliphatic heterocycles. The Morgan fingerprint density at radius 3 is 2.94 bits per heavy atom. The zero-order chi connectivity index (χ0) is 12.4. The lowest BCUT2D eigenvalue weighted by Crippen LogP contribution is -2.26. The summed E-state index contributed by atoms with van der Waals surface area (Å²) < 4.78 is 0. The molecule has 1 aliphatic rings. The number of hydrogen-bond acceptors (Lipinski definition) is 4. The van der Waals surface area contributed by atoms with Crippen molar-refractivity contribution in [3.63, 3.8) is 0 Å². The highest BCUT2D eigenvalue weighted by atomic mass is 16.4. The molecule has 1 aromatic heterocycles. The monoisotopic (exact) mass is 234 g/mol. The fraction of sp³-hybridized carbons (Fsp3) is 0.417. The maximum atomic E-state index is 11.6. The number of rotatable bonds is 3. The van der Waals surface area contributed by atoms with Gasteiger partial charge in [-0.1, -0.05) is 0 Å². The largest absolute Gasteiger partial charge is 0.480 e. The number of aromatic nitrogens is 1. The summed E-state index contributed by atoms with van der Waals surface area (Å²) >= 11 is 0. The molecule has 0 amide bonds. The van der Waals surface area contributed by atoms with Crippen LogP contribution in [0.2, 0.25) is 0 Å². The molecule has 1 atom stereocenters. The van der Waals surface area contributed by atoms with Crippen molar-refractivity contribution in [2.24, 2.45) is 0 Å². The van der Waals surface area contributed by atoms with E-state index in [-0.39, 0.29) is 5.78 Å². The third-order valence-electron chi connectivity index (χ3n) is 2.83. The first-order chi connectivity index (χ1) is 8.08. The number of aliphatic carboxylic acids is 1. The van der Waals surface area contributed by atoms with Gasteiger partial charge >= 0.3 is 5.97 Å². The Morgan fingerprint density at radius 2 is 2.24 bits per heavy atom. The van der Waals surface area contributed by atoms with Crippen molar-refractivity contribution in [1.82, 2.24) is 4.98 Å². The average molecular weight is 234 g/mol. The normalized spacial score (nSPS) is 16.2. The van der Waals surface area contributed by atoms with Crippen molar-refractivity contribution in [2.75, 3.05) is 5.32 Å². The molecule has 1 aromatic rings. The minimum atomic E-state index is -0.930. The Labute approximate surface area is 98.9 Å². The van der Waals surface area contributed by atoms with Crippen molar-refractivity contribution in [2.45, 2.75) is 32.2 Å². The third kappa shape index (κ3) is 2.43. The molecule has 0 bridgehead atoms. The van der Waals surface area contributed by atoms with E-state index in [2.05, 4.69) is 10.3 Å². The quantitative estimate of drug-likeness (QED) is 0.828.